The maximum atomic E-state index is 11.3. The Morgan fingerprint density at radius 1 is 1.50 bits per heavy atom. The van der Waals surface area contributed by atoms with Crippen molar-refractivity contribution in [3.05, 3.63) is 28.9 Å². The first-order valence-electron chi connectivity index (χ1n) is 4.23. The van der Waals surface area contributed by atoms with E-state index in [1.54, 1.807) is 17.8 Å². The normalized spacial score (nSPS) is 10.8. The number of benzene rings is 1. The zero-order chi connectivity index (χ0) is 10.3. The number of hydrogen-bond acceptors (Lipinski definition) is 2. The molecular formula is C10H9ClN2O. The van der Waals surface area contributed by atoms with Gasteiger partial charge in [0.05, 0.1) is 10.5 Å². The van der Waals surface area contributed by atoms with E-state index in [-0.39, 0.29) is 5.78 Å². The molecule has 0 saturated heterocycles. The van der Waals surface area contributed by atoms with Crippen molar-refractivity contribution >= 4 is 28.3 Å². The van der Waals surface area contributed by atoms with Crippen molar-refractivity contribution in [2.24, 2.45) is 7.05 Å². The van der Waals surface area contributed by atoms with Crippen molar-refractivity contribution in [2.45, 2.75) is 6.92 Å². The van der Waals surface area contributed by atoms with Gasteiger partial charge in [-0.1, -0.05) is 23.7 Å². The number of para-hydroxylation sites is 1. The highest BCUT2D eigenvalue weighted by Crippen LogP contribution is 2.25. The van der Waals surface area contributed by atoms with E-state index in [1.807, 2.05) is 12.1 Å². The van der Waals surface area contributed by atoms with Crippen LogP contribution in [-0.2, 0) is 7.05 Å². The highest BCUT2D eigenvalue weighted by Gasteiger charge is 2.13. The fraction of sp³-hybridized carbons (Fsp3) is 0.200. The minimum absolute atomic E-state index is 0.0436. The molecule has 72 valence electrons. The molecule has 3 nitrogen and oxygen atoms in total. The van der Waals surface area contributed by atoms with Gasteiger partial charge in [-0.3, -0.25) is 9.48 Å². The summed E-state index contributed by atoms with van der Waals surface area (Å²) in [6, 6.07) is 5.46. The van der Waals surface area contributed by atoms with Crippen LogP contribution < -0.4 is 0 Å². The topological polar surface area (TPSA) is 34.9 Å². The van der Waals surface area contributed by atoms with Crippen LogP contribution in [0.4, 0.5) is 0 Å². The molecule has 0 aliphatic carbocycles. The minimum atomic E-state index is -0.0436. The predicted octanol–water partition coefficient (Wildman–Crippen LogP) is 2.43. The van der Waals surface area contributed by atoms with Gasteiger partial charge in [-0.05, 0) is 6.07 Å². The van der Waals surface area contributed by atoms with Crippen LogP contribution in [0.3, 0.4) is 0 Å². The molecule has 0 radical (unpaired) electrons. The number of carbonyl (C=O) groups is 1. The lowest BCUT2D eigenvalue weighted by Gasteiger charge is -1.95. The molecule has 0 unspecified atom stereocenters. The van der Waals surface area contributed by atoms with Gasteiger partial charge < -0.3 is 0 Å². The van der Waals surface area contributed by atoms with Crippen LogP contribution in [-0.4, -0.2) is 15.6 Å². The predicted molar refractivity (Wildman–Crippen MR) is 55.7 cm³/mol. The molecule has 0 aliphatic rings. The molecule has 14 heavy (non-hydrogen) atoms. The summed E-state index contributed by atoms with van der Waals surface area (Å²) in [6.45, 7) is 1.50. The van der Waals surface area contributed by atoms with Crippen molar-refractivity contribution in [1.82, 2.24) is 9.78 Å². The monoisotopic (exact) mass is 208 g/mol. The van der Waals surface area contributed by atoms with Gasteiger partial charge >= 0.3 is 0 Å². The number of fused-ring (bicyclic) bond motifs is 1. The number of aryl methyl sites for hydroxylation is 1. The number of ketones is 1. The number of rotatable bonds is 1. The fourth-order valence-corrected chi connectivity index (χ4v) is 1.85. The SMILES string of the molecule is CC(=O)c1nn(C)c2c(Cl)cccc12. The molecule has 0 aliphatic heterocycles. The molecule has 2 rings (SSSR count). The Hall–Kier alpha value is -1.35. The number of hydrogen-bond donors (Lipinski definition) is 0. The Morgan fingerprint density at radius 2 is 2.21 bits per heavy atom. The van der Waals surface area contributed by atoms with Crippen LogP contribution in [0.5, 0.6) is 0 Å². The average Bonchev–Trinajstić information content (AvgIpc) is 2.45. The Morgan fingerprint density at radius 3 is 2.86 bits per heavy atom. The van der Waals surface area contributed by atoms with Gasteiger partial charge in [-0.25, -0.2) is 0 Å². The highest BCUT2D eigenvalue weighted by molar-refractivity contribution is 6.35. The zero-order valence-electron chi connectivity index (χ0n) is 7.91. The maximum Gasteiger partial charge on any atom is 0.180 e. The van der Waals surface area contributed by atoms with Crippen LogP contribution in [0, 0.1) is 0 Å². The summed E-state index contributed by atoms with van der Waals surface area (Å²) in [5.74, 6) is -0.0436. The second kappa shape index (κ2) is 3.10. The first-order chi connectivity index (χ1) is 6.61. The standard InChI is InChI=1S/C10H9ClN2O/c1-6(14)9-7-4-3-5-8(11)10(7)13(2)12-9/h3-5H,1-2H3. The Labute approximate surface area is 86.3 Å². The Bertz CT molecular complexity index is 516. The minimum Gasteiger partial charge on any atom is -0.293 e. The van der Waals surface area contributed by atoms with E-state index in [2.05, 4.69) is 5.10 Å². The molecule has 2 aromatic rings. The largest absolute Gasteiger partial charge is 0.293 e. The third kappa shape index (κ3) is 1.21. The molecule has 0 N–H and O–H groups in total. The molecule has 0 atom stereocenters. The van der Waals surface area contributed by atoms with Gasteiger partial charge in [0, 0.05) is 19.4 Å². The molecular weight excluding hydrogens is 200 g/mol. The molecule has 4 heteroatoms. The molecule has 1 aromatic carbocycles. The van der Waals surface area contributed by atoms with Crippen molar-refractivity contribution in [3.8, 4) is 0 Å². The summed E-state index contributed by atoms with van der Waals surface area (Å²) in [5.41, 5.74) is 1.28. The second-order valence-corrected chi connectivity index (χ2v) is 3.57. The van der Waals surface area contributed by atoms with Crippen molar-refractivity contribution < 1.29 is 4.79 Å². The van der Waals surface area contributed by atoms with E-state index in [4.69, 9.17) is 11.6 Å². The number of Topliss-reactive ketones (excluding diaryl/α,β-unsaturated/α-hetero) is 1. The van der Waals surface area contributed by atoms with E-state index in [0.717, 1.165) is 10.9 Å². The van der Waals surface area contributed by atoms with E-state index < -0.39 is 0 Å². The second-order valence-electron chi connectivity index (χ2n) is 3.16. The van der Waals surface area contributed by atoms with Crippen molar-refractivity contribution in [2.75, 3.05) is 0 Å². The molecule has 0 amide bonds. The number of halogens is 1. The Kier molecular flexibility index (Phi) is 2.04. The lowest BCUT2D eigenvalue weighted by molar-refractivity contribution is 0.101. The van der Waals surface area contributed by atoms with Crippen molar-refractivity contribution in [3.63, 3.8) is 0 Å². The quantitative estimate of drug-likeness (QED) is 0.675. The van der Waals surface area contributed by atoms with Crippen LogP contribution in [0.1, 0.15) is 17.4 Å². The first-order valence-corrected chi connectivity index (χ1v) is 4.61. The first kappa shape index (κ1) is 9.21. The summed E-state index contributed by atoms with van der Waals surface area (Å²) < 4.78 is 1.63. The summed E-state index contributed by atoms with van der Waals surface area (Å²) in [6.07, 6.45) is 0. The third-order valence-electron chi connectivity index (χ3n) is 2.15. The number of carbonyl (C=O) groups excluding carboxylic acids is 1. The van der Waals surface area contributed by atoms with Crippen molar-refractivity contribution in [1.29, 1.82) is 0 Å². The molecule has 0 spiro atoms. The van der Waals surface area contributed by atoms with Gasteiger partial charge in [0.15, 0.2) is 5.78 Å². The van der Waals surface area contributed by atoms with E-state index >= 15 is 0 Å². The summed E-state index contributed by atoms with van der Waals surface area (Å²) in [7, 11) is 1.78. The summed E-state index contributed by atoms with van der Waals surface area (Å²) >= 11 is 6.01. The van der Waals surface area contributed by atoms with E-state index in [1.165, 1.54) is 6.92 Å². The van der Waals surface area contributed by atoms with Gasteiger partial charge in [0.25, 0.3) is 0 Å². The Balaban J connectivity index is 2.91. The van der Waals surface area contributed by atoms with Crippen LogP contribution in [0.2, 0.25) is 5.02 Å². The smallest absolute Gasteiger partial charge is 0.180 e. The van der Waals surface area contributed by atoms with Crippen LogP contribution in [0.25, 0.3) is 10.9 Å². The van der Waals surface area contributed by atoms with Gasteiger partial charge in [-0.2, -0.15) is 5.10 Å². The van der Waals surface area contributed by atoms with E-state index in [9.17, 15) is 4.79 Å². The number of aromatic nitrogens is 2. The molecule has 1 aromatic heterocycles. The van der Waals surface area contributed by atoms with Crippen LogP contribution >= 0.6 is 11.6 Å². The molecule has 1 heterocycles. The van der Waals surface area contributed by atoms with Crippen LogP contribution in [0.15, 0.2) is 18.2 Å². The average molecular weight is 209 g/mol. The van der Waals surface area contributed by atoms with Gasteiger partial charge in [0.1, 0.15) is 5.69 Å². The molecule has 0 bridgehead atoms. The maximum absolute atomic E-state index is 11.3. The van der Waals surface area contributed by atoms with Gasteiger partial charge in [0.2, 0.25) is 0 Å². The molecule has 0 fully saturated rings. The van der Waals surface area contributed by atoms with Gasteiger partial charge in [-0.15, -0.1) is 0 Å². The lowest BCUT2D eigenvalue weighted by Crippen LogP contribution is -1.96. The lowest BCUT2D eigenvalue weighted by atomic mass is 10.2. The molecule has 0 saturated carbocycles. The third-order valence-corrected chi connectivity index (χ3v) is 2.45. The highest BCUT2D eigenvalue weighted by atomic mass is 35.5. The zero-order valence-corrected chi connectivity index (χ0v) is 8.67. The summed E-state index contributed by atoms with van der Waals surface area (Å²) in [4.78, 5) is 11.3. The fourth-order valence-electron chi connectivity index (χ4n) is 1.55. The number of nitrogens with zero attached hydrogens (tertiary/aromatic N) is 2. The summed E-state index contributed by atoms with van der Waals surface area (Å²) in [5, 5.41) is 5.56. The van der Waals surface area contributed by atoms with E-state index in [0.29, 0.717) is 10.7 Å².